The Hall–Kier alpha value is -3.35. The van der Waals surface area contributed by atoms with Gasteiger partial charge in [-0.3, -0.25) is 9.59 Å². The molecule has 1 N–H and O–H groups in total. The molecule has 0 fully saturated rings. The number of amides is 1. The third-order valence-corrected chi connectivity index (χ3v) is 5.20. The van der Waals surface area contributed by atoms with E-state index in [1.807, 2.05) is 0 Å². The maximum Gasteiger partial charge on any atom is 0.290 e. The van der Waals surface area contributed by atoms with E-state index in [9.17, 15) is 19.1 Å². The Labute approximate surface area is 174 Å². The summed E-state index contributed by atoms with van der Waals surface area (Å²) >= 11 is 0. The highest BCUT2D eigenvalue weighted by Crippen LogP contribution is 2.41. The van der Waals surface area contributed by atoms with Crippen molar-refractivity contribution >= 4 is 11.7 Å². The van der Waals surface area contributed by atoms with E-state index < -0.39 is 17.7 Å². The van der Waals surface area contributed by atoms with Crippen LogP contribution in [0.1, 0.15) is 30.5 Å². The Kier molecular flexibility index (Phi) is 6.40. The minimum Gasteiger partial charge on any atom is -0.503 e. The molecule has 1 atom stereocenters. The van der Waals surface area contributed by atoms with Gasteiger partial charge in [0.2, 0.25) is 0 Å². The fraction of sp³-hybridized carbons (Fsp3) is 0.304. The zero-order valence-electron chi connectivity index (χ0n) is 17.1. The number of ether oxygens (including phenoxy) is 2. The third kappa shape index (κ3) is 4.01. The highest BCUT2D eigenvalue weighted by molar-refractivity contribution is 6.08. The highest BCUT2D eigenvalue weighted by Gasteiger charge is 2.42. The van der Waals surface area contributed by atoms with Gasteiger partial charge in [-0.15, -0.1) is 0 Å². The van der Waals surface area contributed by atoms with Crippen LogP contribution in [0.2, 0.25) is 0 Å². The molecular weight excluding hydrogens is 389 g/mol. The van der Waals surface area contributed by atoms with E-state index in [-0.39, 0.29) is 30.1 Å². The second kappa shape index (κ2) is 8.98. The van der Waals surface area contributed by atoms with Gasteiger partial charge >= 0.3 is 0 Å². The van der Waals surface area contributed by atoms with Crippen LogP contribution in [0.4, 0.5) is 4.39 Å². The number of carbonyl (C=O) groups is 2. The number of ketones is 1. The van der Waals surface area contributed by atoms with Crippen molar-refractivity contribution in [3.8, 4) is 11.5 Å². The van der Waals surface area contributed by atoms with Gasteiger partial charge in [0.25, 0.3) is 5.91 Å². The number of hydrogen-bond donors (Lipinski definition) is 1. The maximum absolute atomic E-state index is 13.2. The first-order valence-electron chi connectivity index (χ1n) is 9.64. The van der Waals surface area contributed by atoms with Crippen molar-refractivity contribution in [1.82, 2.24) is 4.90 Å². The number of methoxy groups -OCH3 is 2. The summed E-state index contributed by atoms with van der Waals surface area (Å²) in [6, 6.07) is 10.4. The fourth-order valence-corrected chi connectivity index (χ4v) is 3.63. The molecule has 0 saturated carbocycles. The lowest BCUT2D eigenvalue weighted by Gasteiger charge is -2.27. The van der Waals surface area contributed by atoms with Crippen LogP contribution in [-0.2, 0) is 16.0 Å². The fourth-order valence-electron chi connectivity index (χ4n) is 3.63. The monoisotopic (exact) mass is 413 g/mol. The summed E-state index contributed by atoms with van der Waals surface area (Å²) in [6.07, 6.45) is 0.596. The minimum absolute atomic E-state index is 0.0776. The molecule has 2 aromatic rings. The summed E-state index contributed by atoms with van der Waals surface area (Å²) in [5.41, 5.74) is 1.54. The van der Waals surface area contributed by atoms with Crippen LogP contribution < -0.4 is 9.47 Å². The zero-order valence-corrected chi connectivity index (χ0v) is 17.1. The number of aliphatic hydroxyl groups excluding tert-OH is 1. The molecule has 2 aromatic carbocycles. The molecule has 6 nitrogen and oxygen atoms in total. The standard InChI is InChI=1S/C23H24FNO5/c1-4-17(26)20-21(15-7-10-18(29-2)19(13-15)30-3)25(23(28)22(20)27)12-11-14-5-8-16(24)9-6-14/h5-10,13,21,27H,4,11-12H2,1-3H3. The second-order valence-electron chi connectivity index (χ2n) is 6.93. The second-order valence-corrected chi connectivity index (χ2v) is 6.93. The average molecular weight is 413 g/mol. The molecule has 7 heteroatoms. The van der Waals surface area contributed by atoms with Crippen molar-refractivity contribution < 1.29 is 28.6 Å². The van der Waals surface area contributed by atoms with Gasteiger partial charge in [-0.25, -0.2) is 4.39 Å². The average Bonchev–Trinajstić information content (AvgIpc) is 3.02. The van der Waals surface area contributed by atoms with Gasteiger partial charge in [0.05, 0.1) is 25.8 Å². The molecule has 1 aliphatic heterocycles. The van der Waals surface area contributed by atoms with Gasteiger partial charge in [0.1, 0.15) is 5.82 Å². The first-order chi connectivity index (χ1) is 14.4. The largest absolute Gasteiger partial charge is 0.503 e. The van der Waals surface area contributed by atoms with Gasteiger partial charge < -0.3 is 19.5 Å². The Morgan fingerprint density at radius 3 is 2.37 bits per heavy atom. The minimum atomic E-state index is -0.745. The van der Waals surface area contributed by atoms with Crippen molar-refractivity contribution in [2.45, 2.75) is 25.8 Å². The van der Waals surface area contributed by atoms with Crippen molar-refractivity contribution in [1.29, 1.82) is 0 Å². The molecule has 1 amide bonds. The number of Topliss-reactive ketones (excluding diaryl/α,β-unsaturated/α-hetero) is 1. The number of carbonyl (C=O) groups excluding carboxylic acids is 2. The first kappa shape index (κ1) is 21.4. The van der Waals surface area contributed by atoms with E-state index in [4.69, 9.17) is 9.47 Å². The number of aliphatic hydroxyl groups is 1. The summed E-state index contributed by atoms with van der Waals surface area (Å²) in [6.45, 7) is 1.92. The molecule has 1 heterocycles. The highest BCUT2D eigenvalue weighted by atomic mass is 19.1. The number of benzene rings is 2. The van der Waals surface area contributed by atoms with E-state index in [0.717, 1.165) is 5.56 Å². The first-order valence-corrected chi connectivity index (χ1v) is 9.64. The van der Waals surface area contributed by atoms with E-state index in [1.54, 1.807) is 37.3 Å². The molecule has 0 aliphatic carbocycles. The topological polar surface area (TPSA) is 76.1 Å². The van der Waals surface area contributed by atoms with Crippen LogP contribution in [0, 0.1) is 5.82 Å². The zero-order chi connectivity index (χ0) is 21.8. The molecular formula is C23H24FNO5. The normalized spacial score (nSPS) is 16.2. The molecule has 0 aromatic heterocycles. The molecule has 30 heavy (non-hydrogen) atoms. The molecule has 158 valence electrons. The van der Waals surface area contributed by atoms with Crippen LogP contribution >= 0.6 is 0 Å². The molecule has 0 saturated heterocycles. The maximum atomic E-state index is 13.2. The quantitative estimate of drug-likeness (QED) is 0.713. The van der Waals surface area contributed by atoms with Crippen LogP contribution in [-0.4, -0.2) is 42.5 Å². The van der Waals surface area contributed by atoms with E-state index >= 15 is 0 Å². The number of nitrogens with zero attached hydrogens (tertiary/aromatic N) is 1. The molecule has 3 rings (SSSR count). The Morgan fingerprint density at radius 1 is 1.10 bits per heavy atom. The molecule has 1 unspecified atom stereocenters. The Morgan fingerprint density at radius 2 is 1.77 bits per heavy atom. The number of hydrogen-bond acceptors (Lipinski definition) is 5. The molecule has 0 spiro atoms. The lowest BCUT2D eigenvalue weighted by Crippen LogP contribution is -2.33. The summed E-state index contributed by atoms with van der Waals surface area (Å²) in [7, 11) is 3.02. The molecule has 0 bridgehead atoms. The summed E-state index contributed by atoms with van der Waals surface area (Å²) in [5, 5.41) is 10.5. The summed E-state index contributed by atoms with van der Waals surface area (Å²) < 4.78 is 23.8. The van der Waals surface area contributed by atoms with Crippen LogP contribution in [0.15, 0.2) is 53.8 Å². The smallest absolute Gasteiger partial charge is 0.290 e. The Bertz CT molecular complexity index is 984. The van der Waals surface area contributed by atoms with Gasteiger partial charge in [0.15, 0.2) is 23.0 Å². The van der Waals surface area contributed by atoms with Crippen LogP contribution in [0.3, 0.4) is 0 Å². The summed E-state index contributed by atoms with van der Waals surface area (Å²) in [5.74, 6) is -0.802. The SMILES string of the molecule is CCC(=O)C1=C(O)C(=O)N(CCc2ccc(F)cc2)C1c1ccc(OC)c(OC)c1. The predicted octanol–water partition coefficient (Wildman–Crippen LogP) is 3.76. The van der Waals surface area contributed by atoms with Crippen molar-refractivity contribution in [3.63, 3.8) is 0 Å². The lowest BCUT2D eigenvalue weighted by atomic mass is 9.94. The number of halogens is 1. The summed E-state index contributed by atoms with van der Waals surface area (Å²) in [4.78, 5) is 26.9. The molecule has 1 aliphatic rings. The van der Waals surface area contributed by atoms with Crippen molar-refractivity contribution in [3.05, 3.63) is 70.7 Å². The van der Waals surface area contributed by atoms with Gasteiger partial charge in [0, 0.05) is 13.0 Å². The van der Waals surface area contributed by atoms with Gasteiger partial charge in [-0.05, 0) is 41.8 Å². The Balaban J connectivity index is 1.99. The van der Waals surface area contributed by atoms with E-state index in [1.165, 1.54) is 31.3 Å². The van der Waals surface area contributed by atoms with Crippen LogP contribution in [0.25, 0.3) is 0 Å². The lowest BCUT2D eigenvalue weighted by molar-refractivity contribution is -0.129. The van der Waals surface area contributed by atoms with E-state index in [0.29, 0.717) is 23.5 Å². The molecule has 0 radical (unpaired) electrons. The van der Waals surface area contributed by atoms with Gasteiger partial charge in [-0.1, -0.05) is 25.1 Å². The van der Waals surface area contributed by atoms with Crippen molar-refractivity contribution in [2.24, 2.45) is 0 Å². The number of rotatable bonds is 8. The van der Waals surface area contributed by atoms with Crippen molar-refractivity contribution in [2.75, 3.05) is 20.8 Å². The third-order valence-electron chi connectivity index (χ3n) is 5.20. The van der Waals surface area contributed by atoms with Gasteiger partial charge in [-0.2, -0.15) is 0 Å². The predicted molar refractivity (Wildman–Crippen MR) is 109 cm³/mol. The van der Waals surface area contributed by atoms with Crippen LogP contribution in [0.5, 0.6) is 11.5 Å². The van der Waals surface area contributed by atoms with E-state index in [2.05, 4.69) is 0 Å².